The molecule has 0 unspecified atom stereocenters. The highest BCUT2D eigenvalue weighted by molar-refractivity contribution is 7.92. The van der Waals surface area contributed by atoms with Gasteiger partial charge in [0.05, 0.1) is 17.2 Å². The fourth-order valence-corrected chi connectivity index (χ4v) is 5.79. The smallest absolute Gasteiger partial charge is 0.264 e. The third-order valence-electron chi connectivity index (χ3n) is 6.31. The molecule has 0 saturated carbocycles. The van der Waals surface area contributed by atoms with Crippen LogP contribution in [-0.4, -0.2) is 45.5 Å². The van der Waals surface area contributed by atoms with Crippen LogP contribution >= 0.6 is 0 Å². The van der Waals surface area contributed by atoms with Crippen LogP contribution in [0.15, 0.2) is 77.7 Å². The first-order valence-corrected chi connectivity index (χ1v) is 13.9. The van der Waals surface area contributed by atoms with Gasteiger partial charge in [-0.25, -0.2) is 12.8 Å². The van der Waals surface area contributed by atoms with Crippen LogP contribution in [0, 0.1) is 5.82 Å². The number of nitrogens with one attached hydrogen (secondary N) is 1. The summed E-state index contributed by atoms with van der Waals surface area (Å²) in [6.07, 6.45) is 2.39. The summed E-state index contributed by atoms with van der Waals surface area (Å²) in [5.74, 6) is -0.406. The van der Waals surface area contributed by atoms with E-state index < -0.39 is 28.3 Å². The molecule has 7 nitrogen and oxygen atoms in total. The lowest BCUT2D eigenvalue weighted by molar-refractivity contribution is -0.119. The van der Waals surface area contributed by atoms with Crippen molar-refractivity contribution in [1.29, 1.82) is 0 Å². The van der Waals surface area contributed by atoms with E-state index in [1.807, 2.05) is 25.1 Å². The molecule has 1 amide bonds. The molecule has 1 aliphatic rings. The summed E-state index contributed by atoms with van der Waals surface area (Å²) >= 11 is 0. The first-order chi connectivity index (χ1) is 17.9. The van der Waals surface area contributed by atoms with Gasteiger partial charge in [-0.3, -0.25) is 14.0 Å². The number of halogens is 1. The Bertz CT molecular complexity index is 1290. The predicted molar refractivity (Wildman–Crippen MR) is 141 cm³/mol. The Morgan fingerprint density at radius 2 is 1.62 bits per heavy atom. The van der Waals surface area contributed by atoms with Gasteiger partial charge in [0.2, 0.25) is 5.91 Å². The van der Waals surface area contributed by atoms with Gasteiger partial charge in [-0.2, -0.15) is 0 Å². The summed E-state index contributed by atoms with van der Waals surface area (Å²) in [4.78, 5) is 15.3. The molecule has 1 saturated heterocycles. The van der Waals surface area contributed by atoms with Gasteiger partial charge in [-0.05, 0) is 92.5 Å². The molecule has 4 rings (SSSR count). The van der Waals surface area contributed by atoms with Crippen molar-refractivity contribution >= 4 is 21.6 Å². The van der Waals surface area contributed by atoms with E-state index in [1.165, 1.54) is 25.0 Å². The quantitative estimate of drug-likeness (QED) is 0.403. The molecule has 9 heteroatoms. The number of hydrogen-bond acceptors (Lipinski definition) is 5. The van der Waals surface area contributed by atoms with Gasteiger partial charge in [0.25, 0.3) is 10.0 Å². The number of hydrogen-bond donors (Lipinski definition) is 1. The zero-order valence-corrected chi connectivity index (χ0v) is 21.7. The van der Waals surface area contributed by atoms with Crippen LogP contribution in [0.5, 0.6) is 5.75 Å². The van der Waals surface area contributed by atoms with E-state index in [9.17, 15) is 17.6 Å². The number of anilines is 1. The van der Waals surface area contributed by atoms with Crippen molar-refractivity contribution in [2.24, 2.45) is 0 Å². The average Bonchev–Trinajstić information content (AvgIpc) is 3.41. The second-order valence-electron chi connectivity index (χ2n) is 8.92. The van der Waals surface area contributed by atoms with Gasteiger partial charge in [0.1, 0.15) is 18.1 Å². The topological polar surface area (TPSA) is 79.0 Å². The molecule has 1 N–H and O–H groups in total. The lowest BCUT2D eigenvalue weighted by Gasteiger charge is -2.24. The number of sulfonamides is 1. The molecule has 0 atom stereocenters. The molecule has 1 fully saturated rings. The van der Waals surface area contributed by atoms with E-state index in [4.69, 9.17) is 4.74 Å². The summed E-state index contributed by atoms with van der Waals surface area (Å²) in [6.45, 7) is 5.14. The largest absolute Gasteiger partial charge is 0.494 e. The number of rotatable bonds is 11. The summed E-state index contributed by atoms with van der Waals surface area (Å²) in [5, 5.41) is 2.88. The van der Waals surface area contributed by atoms with Crippen molar-refractivity contribution < 1.29 is 22.3 Å². The molecule has 3 aromatic rings. The van der Waals surface area contributed by atoms with E-state index in [-0.39, 0.29) is 11.4 Å². The molecule has 196 valence electrons. The Morgan fingerprint density at radius 1 is 0.973 bits per heavy atom. The summed E-state index contributed by atoms with van der Waals surface area (Å²) in [5.41, 5.74) is 2.45. The number of ether oxygens (including phenoxy) is 1. The molecule has 0 aliphatic carbocycles. The normalized spacial score (nSPS) is 13.9. The Kier molecular flexibility index (Phi) is 8.78. The Balaban J connectivity index is 1.52. The van der Waals surface area contributed by atoms with E-state index in [0.29, 0.717) is 18.0 Å². The van der Waals surface area contributed by atoms with E-state index in [2.05, 4.69) is 16.3 Å². The zero-order chi connectivity index (χ0) is 26.3. The maximum absolute atomic E-state index is 13.5. The van der Waals surface area contributed by atoms with Crippen LogP contribution in [-0.2, 0) is 27.9 Å². The van der Waals surface area contributed by atoms with Crippen LogP contribution in [0.1, 0.15) is 30.9 Å². The summed E-state index contributed by atoms with van der Waals surface area (Å²) < 4.78 is 46.9. The highest BCUT2D eigenvalue weighted by Gasteiger charge is 2.27. The van der Waals surface area contributed by atoms with Gasteiger partial charge in [0, 0.05) is 13.1 Å². The predicted octanol–water partition coefficient (Wildman–Crippen LogP) is 4.33. The monoisotopic (exact) mass is 525 g/mol. The Labute approximate surface area is 217 Å². The van der Waals surface area contributed by atoms with Crippen molar-refractivity contribution in [3.63, 3.8) is 0 Å². The van der Waals surface area contributed by atoms with Gasteiger partial charge in [-0.15, -0.1) is 0 Å². The number of benzene rings is 3. The van der Waals surface area contributed by atoms with Crippen LogP contribution < -0.4 is 14.4 Å². The minimum atomic E-state index is -4.14. The Hall–Kier alpha value is -3.43. The minimum absolute atomic E-state index is 0.105. The molecule has 0 radical (unpaired) electrons. The molecule has 1 heterocycles. The molecule has 3 aromatic carbocycles. The van der Waals surface area contributed by atoms with E-state index >= 15 is 0 Å². The van der Waals surface area contributed by atoms with Crippen LogP contribution in [0.4, 0.5) is 10.1 Å². The summed E-state index contributed by atoms with van der Waals surface area (Å²) in [7, 11) is -4.14. The van der Waals surface area contributed by atoms with Crippen molar-refractivity contribution in [2.45, 2.75) is 37.8 Å². The van der Waals surface area contributed by atoms with E-state index in [0.717, 1.165) is 47.2 Å². The van der Waals surface area contributed by atoms with Crippen LogP contribution in [0.25, 0.3) is 0 Å². The van der Waals surface area contributed by atoms with Gasteiger partial charge < -0.3 is 10.1 Å². The zero-order valence-electron chi connectivity index (χ0n) is 20.9. The molecular weight excluding hydrogens is 493 g/mol. The standard InChI is InChI=1S/C28H32FN3O4S/c1-2-36-26-13-11-25(12-14-26)32(37(34,35)27-15-9-24(29)10-16-27)21-28(33)30-19-22-7-3-4-8-23(22)20-31-17-5-6-18-31/h3-4,7-16H,2,5-6,17-21H2,1H3,(H,30,33). The molecule has 0 spiro atoms. The van der Waals surface area contributed by atoms with Crippen molar-refractivity contribution in [2.75, 3.05) is 30.5 Å². The number of carbonyl (C=O) groups excluding carboxylic acids is 1. The second kappa shape index (κ2) is 12.2. The van der Waals surface area contributed by atoms with Gasteiger partial charge in [-0.1, -0.05) is 24.3 Å². The van der Waals surface area contributed by atoms with Crippen LogP contribution in [0.3, 0.4) is 0 Å². The third-order valence-corrected chi connectivity index (χ3v) is 8.10. The molecular formula is C28H32FN3O4S. The average molecular weight is 526 g/mol. The second-order valence-corrected chi connectivity index (χ2v) is 10.8. The number of amides is 1. The Morgan fingerprint density at radius 3 is 2.27 bits per heavy atom. The van der Waals surface area contributed by atoms with Crippen molar-refractivity contribution in [1.82, 2.24) is 10.2 Å². The SMILES string of the molecule is CCOc1ccc(N(CC(=O)NCc2ccccc2CN2CCCC2)S(=O)(=O)c2ccc(F)cc2)cc1. The van der Waals surface area contributed by atoms with Crippen LogP contribution in [0.2, 0.25) is 0 Å². The lowest BCUT2D eigenvalue weighted by atomic mass is 10.1. The first kappa shape index (κ1) is 26.6. The fraction of sp³-hybridized carbons (Fsp3) is 0.321. The lowest BCUT2D eigenvalue weighted by Crippen LogP contribution is -2.40. The minimum Gasteiger partial charge on any atom is -0.494 e. The van der Waals surface area contributed by atoms with E-state index in [1.54, 1.807) is 24.3 Å². The van der Waals surface area contributed by atoms with Gasteiger partial charge in [0.15, 0.2) is 0 Å². The van der Waals surface area contributed by atoms with Gasteiger partial charge >= 0.3 is 0 Å². The molecule has 0 aromatic heterocycles. The molecule has 1 aliphatic heterocycles. The fourth-order valence-electron chi connectivity index (χ4n) is 4.37. The highest BCUT2D eigenvalue weighted by atomic mass is 32.2. The number of carbonyl (C=O) groups is 1. The number of nitrogens with zero attached hydrogens (tertiary/aromatic N) is 2. The third kappa shape index (κ3) is 6.87. The summed E-state index contributed by atoms with van der Waals surface area (Å²) in [6, 6.07) is 19.0. The first-order valence-electron chi connectivity index (χ1n) is 12.4. The number of likely N-dealkylation sites (tertiary alicyclic amines) is 1. The molecule has 0 bridgehead atoms. The maximum atomic E-state index is 13.5. The van der Waals surface area contributed by atoms with Crippen molar-refractivity contribution in [3.8, 4) is 5.75 Å². The molecule has 37 heavy (non-hydrogen) atoms. The maximum Gasteiger partial charge on any atom is 0.264 e. The van der Waals surface area contributed by atoms with Crippen molar-refractivity contribution in [3.05, 3.63) is 89.7 Å². The highest BCUT2D eigenvalue weighted by Crippen LogP contribution is 2.26.